The van der Waals surface area contributed by atoms with Crippen LogP contribution in [0.2, 0.25) is 0 Å². The molecular formula is C23H25N7O3. The number of nitrogens with one attached hydrogen (secondary N) is 1. The molecule has 10 nitrogen and oxygen atoms in total. The lowest BCUT2D eigenvalue weighted by Crippen LogP contribution is -2.28. The van der Waals surface area contributed by atoms with E-state index in [4.69, 9.17) is 14.2 Å². The molecule has 3 fully saturated rings. The quantitative estimate of drug-likeness (QED) is 0.606. The molecule has 2 aliphatic heterocycles. The van der Waals surface area contributed by atoms with E-state index in [1.54, 1.807) is 31.1 Å². The highest BCUT2D eigenvalue weighted by atomic mass is 16.8. The Morgan fingerprint density at radius 2 is 1.82 bits per heavy atom. The Bertz CT molecular complexity index is 1210. The first-order chi connectivity index (χ1) is 16.1. The standard InChI is InChI=1S/C23H25N7O3/c1-23(2)32-18-15(8-9-16-24-10-5-11-25-16)31-22(19(18)33-23)30-13-28-17-20(26-12-27-21(17)30)29-14-6-3-4-7-14/h5,10-15,18-19,22H,3-4,6-7H2,1-2H3,(H,26,27,29)/t15-,18-,19-,22-/m1/s1. The van der Waals surface area contributed by atoms with Crippen LogP contribution in [-0.2, 0) is 14.2 Å². The van der Waals surface area contributed by atoms with Gasteiger partial charge >= 0.3 is 0 Å². The van der Waals surface area contributed by atoms with Crippen LogP contribution in [0.1, 0.15) is 51.6 Å². The Labute approximate surface area is 191 Å². The molecule has 10 heteroatoms. The predicted octanol–water partition coefficient (Wildman–Crippen LogP) is 2.44. The number of hydrogen-bond donors (Lipinski definition) is 1. The predicted molar refractivity (Wildman–Crippen MR) is 118 cm³/mol. The van der Waals surface area contributed by atoms with Crippen molar-refractivity contribution < 1.29 is 14.2 Å². The van der Waals surface area contributed by atoms with Gasteiger partial charge in [-0.1, -0.05) is 18.8 Å². The number of fused-ring (bicyclic) bond motifs is 2. The van der Waals surface area contributed by atoms with E-state index >= 15 is 0 Å². The van der Waals surface area contributed by atoms with Gasteiger partial charge in [-0.3, -0.25) is 4.57 Å². The molecule has 1 aliphatic carbocycles. The summed E-state index contributed by atoms with van der Waals surface area (Å²) >= 11 is 0. The molecule has 4 atom stereocenters. The lowest BCUT2D eigenvalue weighted by Gasteiger charge is -2.23. The number of ether oxygens (including phenoxy) is 3. The zero-order valence-corrected chi connectivity index (χ0v) is 18.5. The topological polar surface area (TPSA) is 109 Å². The largest absolute Gasteiger partial charge is 0.365 e. The van der Waals surface area contributed by atoms with Crippen molar-refractivity contribution >= 4 is 17.0 Å². The Kier molecular flexibility index (Phi) is 4.98. The number of rotatable bonds is 3. The number of hydrogen-bond acceptors (Lipinski definition) is 9. The van der Waals surface area contributed by atoms with Gasteiger partial charge in [0, 0.05) is 18.4 Å². The molecular weight excluding hydrogens is 422 g/mol. The van der Waals surface area contributed by atoms with Crippen LogP contribution in [0.3, 0.4) is 0 Å². The van der Waals surface area contributed by atoms with E-state index in [2.05, 4.69) is 42.1 Å². The molecule has 0 radical (unpaired) electrons. The summed E-state index contributed by atoms with van der Waals surface area (Å²) in [4.78, 5) is 21.9. The molecule has 0 bridgehead atoms. The van der Waals surface area contributed by atoms with Crippen molar-refractivity contribution in [3.8, 4) is 11.8 Å². The van der Waals surface area contributed by atoms with Crippen molar-refractivity contribution in [2.75, 3.05) is 5.32 Å². The summed E-state index contributed by atoms with van der Waals surface area (Å²) in [6.45, 7) is 3.79. The molecule has 2 saturated heterocycles. The Morgan fingerprint density at radius 1 is 1.03 bits per heavy atom. The van der Waals surface area contributed by atoms with E-state index in [0.29, 0.717) is 17.5 Å². The summed E-state index contributed by atoms with van der Waals surface area (Å²) < 4.78 is 20.6. The zero-order valence-electron chi connectivity index (χ0n) is 18.5. The molecule has 0 spiro atoms. The minimum atomic E-state index is -0.749. The van der Waals surface area contributed by atoms with Crippen LogP contribution >= 0.6 is 0 Å². The summed E-state index contributed by atoms with van der Waals surface area (Å²) in [5, 5.41) is 3.53. The fourth-order valence-electron chi connectivity index (χ4n) is 4.82. The molecule has 1 saturated carbocycles. The van der Waals surface area contributed by atoms with Gasteiger partial charge in [0.15, 0.2) is 29.0 Å². The Hall–Kier alpha value is -3.13. The van der Waals surface area contributed by atoms with Crippen LogP contribution in [0, 0.1) is 11.8 Å². The Balaban J connectivity index is 1.32. The molecule has 170 valence electrons. The second kappa shape index (κ2) is 8.02. The smallest absolute Gasteiger partial charge is 0.204 e. The minimum absolute atomic E-state index is 0.364. The van der Waals surface area contributed by atoms with Gasteiger partial charge in [-0.15, -0.1) is 0 Å². The van der Waals surface area contributed by atoms with Crippen molar-refractivity contribution in [2.24, 2.45) is 0 Å². The van der Waals surface area contributed by atoms with E-state index < -0.39 is 18.1 Å². The van der Waals surface area contributed by atoms with Crippen molar-refractivity contribution in [3.63, 3.8) is 0 Å². The summed E-state index contributed by atoms with van der Waals surface area (Å²) in [5.74, 6) is 6.55. The summed E-state index contributed by atoms with van der Waals surface area (Å²) in [7, 11) is 0. The van der Waals surface area contributed by atoms with Gasteiger partial charge in [-0.2, -0.15) is 0 Å². The van der Waals surface area contributed by atoms with Crippen LogP contribution in [0.15, 0.2) is 31.1 Å². The second-order valence-corrected chi connectivity index (χ2v) is 9.03. The van der Waals surface area contributed by atoms with Gasteiger partial charge in [0.05, 0.1) is 6.33 Å². The molecule has 5 heterocycles. The van der Waals surface area contributed by atoms with Gasteiger partial charge in [0.1, 0.15) is 24.6 Å². The molecule has 0 unspecified atom stereocenters. The highest BCUT2D eigenvalue weighted by Crippen LogP contribution is 2.43. The third-order valence-electron chi connectivity index (χ3n) is 6.25. The van der Waals surface area contributed by atoms with Gasteiger partial charge in [0.25, 0.3) is 0 Å². The monoisotopic (exact) mass is 447 g/mol. The summed E-state index contributed by atoms with van der Waals surface area (Å²) in [6.07, 6.45) is 9.64. The molecule has 6 rings (SSSR count). The molecule has 3 aromatic heterocycles. The minimum Gasteiger partial charge on any atom is -0.365 e. The number of nitrogens with zero attached hydrogens (tertiary/aromatic N) is 6. The average Bonchev–Trinajstić information content (AvgIpc) is 3.58. The van der Waals surface area contributed by atoms with E-state index in [-0.39, 0.29) is 12.2 Å². The maximum Gasteiger partial charge on any atom is 0.204 e. The molecule has 3 aliphatic rings. The first-order valence-electron chi connectivity index (χ1n) is 11.3. The first kappa shape index (κ1) is 20.5. The van der Waals surface area contributed by atoms with Crippen LogP contribution < -0.4 is 5.32 Å². The average molecular weight is 447 g/mol. The normalized spacial score (nSPS) is 28.5. The van der Waals surface area contributed by atoms with Crippen molar-refractivity contribution in [1.29, 1.82) is 0 Å². The molecule has 33 heavy (non-hydrogen) atoms. The van der Waals surface area contributed by atoms with Crippen molar-refractivity contribution in [1.82, 2.24) is 29.5 Å². The molecule has 0 amide bonds. The summed E-state index contributed by atoms with van der Waals surface area (Å²) in [5.41, 5.74) is 1.40. The maximum absolute atomic E-state index is 6.33. The third-order valence-corrected chi connectivity index (χ3v) is 6.25. The van der Waals surface area contributed by atoms with Gasteiger partial charge in [-0.05, 0) is 38.7 Å². The van der Waals surface area contributed by atoms with E-state index in [9.17, 15) is 0 Å². The fourth-order valence-corrected chi connectivity index (χ4v) is 4.82. The van der Waals surface area contributed by atoms with Gasteiger partial charge < -0.3 is 19.5 Å². The third kappa shape index (κ3) is 3.82. The molecule has 0 aromatic carbocycles. The fraction of sp³-hybridized carbons (Fsp3) is 0.522. The molecule has 3 aromatic rings. The SMILES string of the molecule is CC1(C)O[C@@H]2[C@H](O1)[C@@H](C#Cc1ncccn1)O[C@H]2n1cnc2c(NC3CCCC3)ncnc21. The first-order valence-corrected chi connectivity index (χ1v) is 11.3. The van der Waals surface area contributed by atoms with Crippen LogP contribution in [0.25, 0.3) is 11.2 Å². The van der Waals surface area contributed by atoms with Gasteiger partial charge in [0.2, 0.25) is 5.82 Å². The van der Waals surface area contributed by atoms with Crippen LogP contribution in [0.5, 0.6) is 0 Å². The number of anilines is 1. The summed E-state index contributed by atoms with van der Waals surface area (Å²) in [6, 6.07) is 2.18. The highest BCUT2D eigenvalue weighted by molar-refractivity contribution is 5.82. The molecule has 1 N–H and O–H groups in total. The van der Waals surface area contributed by atoms with E-state index in [0.717, 1.165) is 24.2 Å². The van der Waals surface area contributed by atoms with E-state index in [1.807, 2.05) is 18.4 Å². The number of imidazole rings is 1. The lowest BCUT2D eigenvalue weighted by molar-refractivity contribution is -0.190. The number of aromatic nitrogens is 6. The Morgan fingerprint density at radius 3 is 2.64 bits per heavy atom. The second-order valence-electron chi connectivity index (χ2n) is 9.03. The van der Waals surface area contributed by atoms with E-state index in [1.165, 1.54) is 12.8 Å². The zero-order chi connectivity index (χ0) is 22.4. The van der Waals surface area contributed by atoms with Crippen molar-refractivity contribution in [2.45, 2.75) is 75.9 Å². The van der Waals surface area contributed by atoms with Crippen molar-refractivity contribution in [3.05, 3.63) is 36.9 Å². The van der Waals surface area contributed by atoms with Crippen LogP contribution in [-0.4, -0.2) is 59.6 Å². The highest BCUT2D eigenvalue weighted by Gasteiger charge is 2.56. The van der Waals surface area contributed by atoms with Gasteiger partial charge in [-0.25, -0.2) is 24.9 Å². The lowest BCUT2D eigenvalue weighted by atomic mass is 10.1. The maximum atomic E-state index is 6.33. The van der Waals surface area contributed by atoms with Crippen LogP contribution in [0.4, 0.5) is 5.82 Å².